The molecule has 6 rings (SSSR count). The van der Waals surface area contributed by atoms with Crippen molar-refractivity contribution >= 4 is 5.91 Å². The first-order chi connectivity index (χ1) is 18.1. The number of hydrogen-bond acceptors (Lipinski definition) is 6. The van der Waals surface area contributed by atoms with E-state index in [0.717, 1.165) is 58.5 Å². The van der Waals surface area contributed by atoms with Crippen molar-refractivity contribution in [3.8, 4) is 0 Å². The molecule has 0 aromatic carbocycles. The molecule has 3 saturated heterocycles. The van der Waals surface area contributed by atoms with E-state index in [-0.39, 0.29) is 48.5 Å². The summed E-state index contributed by atoms with van der Waals surface area (Å²) < 4.78 is 48.8. The van der Waals surface area contributed by atoms with Gasteiger partial charge in [-0.3, -0.25) is 14.6 Å². The molecule has 5 fully saturated rings. The molecule has 4 heterocycles. The third-order valence-electron chi connectivity index (χ3n) is 10.9. The molecule has 214 valence electrons. The lowest BCUT2D eigenvalue weighted by Gasteiger charge is -2.52. The van der Waals surface area contributed by atoms with Crippen LogP contribution in [0.5, 0.6) is 0 Å². The van der Waals surface area contributed by atoms with Crippen LogP contribution in [0, 0.1) is 35.0 Å². The van der Waals surface area contributed by atoms with Crippen LogP contribution in [0.3, 0.4) is 0 Å². The van der Waals surface area contributed by atoms with Gasteiger partial charge in [0.25, 0.3) is 0 Å². The maximum Gasteiger partial charge on any atom is 0.392 e. The summed E-state index contributed by atoms with van der Waals surface area (Å²) in [5, 5.41) is 0. The van der Waals surface area contributed by atoms with Crippen LogP contribution in [0.15, 0.2) is 12.2 Å². The molecular formula is C28H44F3N5O2. The monoisotopic (exact) mass is 539 g/mol. The summed E-state index contributed by atoms with van der Waals surface area (Å²) in [5.74, 6) is -2.14. The number of nitrogens with one attached hydrogen (secondary N) is 2. The van der Waals surface area contributed by atoms with Crippen LogP contribution < -0.4 is 10.9 Å². The zero-order valence-electron chi connectivity index (χ0n) is 22.8. The van der Waals surface area contributed by atoms with Crippen LogP contribution in [0.1, 0.15) is 51.9 Å². The second-order valence-electron chi connectivity index (χ2n) is 13.2. The Bertz CT molecular complexity index is 911. The number of amides is 1. The van der Waals surface area contributed by atoms with Crippen molar-refractivity contribution in [3.05, 3.63) is 12.2 Å². The van der Waals surface area contributed by atoms with Gasteiger partial charge in [0.1, 0.15) is 0 Å². The molecule has 1 amide bonds. The number of likely N-dealkylation sites (tertiary alicyclic amines) is 1. The number of hydrogen-bond donors (Lipinski definition) is 2. The minimum Gasteiger partial charge on any atom is -0.380 e. The highest BCUT2D eigenvalue weighted by atomic mass is 19.4. The Morgan fingerprint density at radius 3 is 2.63 bits per heavy atom. The van der Waals surface area contributed by atoms with Crippen molar-refractivity contribution in [2.24, 2.45) is 35.0 Å². The molecule has 10 heteroatoms. The minimum atomic E-state index is -4.26. The predicted octanol–water partition coefficient (Wildman–Crippen LogP) is 3.20. The van der Waals surface area contributed by atoms with Crippen LogP contribution in [0.2, 0.25) is 0 Å². The topological polar surface area (TPSA) is 60.1 Å². The molecule has 7 unspecified atom stereocenters. The first-order valence-corrected chi connectivity index (χ1v) is 14.7. The zero-order chi connectivity index (χ0) is 26.7. The fraction of sp³-hybridized carbons (Fsp3) is 0.893. The van der Waals surface area contributed by atoms with Gasteiger partial charge in [0.05, 0.1) is 32.0 Å². The van der Waals surface area contributed by atoms with Crippen LogP contribution in [0.4, 0.5) is 13.2 Å². The molecule has 6 aliphatic rings. The third-order valence-corrected chi connectivity index (χ3v) is 10.9. The molecule has 0 spiro atoms. The van der Waals surface area contributed by atoms with Crippen LogP contribution in [-0.2, 0) is 9.53 Å². The highest BCUT2D eigenvalue weighted by Crippen LogP contribution is 2.53. The van der Waals surface area contributed by atoms with E-state index < -0.39 is 23.9 Å². The Kier molecular flexibility index (Phi) is 7.33. The van der Waals surface area contributed by atoms with Crippen LogP contribution in [0.25, 0.3) is 0 Å². The quantitative estimate of drug-likeness (QED) is 0.506. The number of carbonyl (C=O) groups excluding carboxylic acids is 1. The van der Waals surface area contributed by atoms with Gasteiger partial charge in [-0.05, 0) is 70.3 Å². The number of halogens is 3. The van der Waals surface area contributed by atoms with Crippen molar-refractivity contribution in [3.63, 3.8) is 0 Å². The van der Waals surface area contributed by atoms with E-state index in [1.165, 1.54) is 0 Å². The maximum atomic E-state index is 14.4. The van der Waals surface area contributed by atoms with E-state index in [1.54, 1.807) is 0 Å². The van der Waals surface area contributed by atoms with Crippen molar-refractivity contribution in [1.29, 1.82) is 0 Å². The first kappa shape index (κ1) is 27.0. The van der Waals surface area contributed by atoms with Gasteiger partial charge in [-0.2, -0.15) is 13.2 Å². The largest absolute Gasteiger partial charge is 0.392 e. The molecule has 2 saturated carbocycles. The molecular weight excluding hydrogens is 495 g/mol. The summed E-state index contributed by atoms with van der Waals surface area (Å²) in [5.41, 5.74) is 6.66. The summed E-state index contributed by atoms with van der Waals surface area (Å²) in [6.07, 6.45) is 5.83. The molecule has 0 radical (unpaired) electrons. The van der Waals surface area contributed by atoms with Gasteiger partial charge in [-0.25, -0.2) is 10.9 Å². The number of fused-ring (bicyclic) bond motifs is 1. The van der Waals surface area contributed by atoms with Crippen molar-refractivity contribution < 1.29 is 22.7 Å². The van der Waals surface area contributed by atoms with E-state index in [4.69, 9.17) is 4.74 Å². The Labute approximate surface area is 224 Å². The summed E-state index contributed by atoms with van der Waals surface area (Å²) in [7, 11) is 2.10. The highest BCUT2D eigenvalue weighted by Gasteiger charge is 2.58. The van der Waals surface area contributed by atoms with E-state index in [9.17, 15) is 18.0 Å². The lowest BCUT2D eigenvalue weighted by Crippen LogP contribution is -2.56. The second kappa shape index (κ2) is 10.3. The third kappa shape index (κ3) is 4.93. The lowest BCUT2D eigenvalue weighted by molar-refractivity contribution is -0.204. The van der Waals surface area contributed by atoms with Gasteiger partial charge in [0, 0.05) is 43.1 Å². The summed E-state index contributed by atoms with van der Waals surface area (Å²) >= 11 is 0. The summed E-state index contributed by atoms with van der Waals surface area (Å²) in [6.45, 7) is 6.07. The normalized spacial score (nSPS) is 42.0. The number of carbonyl (C=O) groups is 1. The molecule has 7 nitrogen and oxygen atoms in total. The lowest BCUT2D eigenvalue weighted by atomic mass is 9.64. The number of ether oxygens (including phenoxy) is 1. The van der Waals surface area contributed by atoms with Gasteiger partial charge >= 0.3 is 6.18 Å². The van der Waals surface area contributed by atoms with E-state index >= 15 is 0 Å². The van der Waals surface area contributed by atoms with Gasteiger partial charge in [-0.1, -0.05) is 18.6 Å². The molecule has 0 bridgehead atoms. The van der Waals surface area contributed by atoms with Gasteiger partial charge in [0.15, 0.2) is 0 Å². The number of nitrogens with zero attached hydrogens (tertiary/aromatic N) is 3. The SMILES string of the molecule is C[C@H]1C=CCN1CC1CC2C(=O)N(C3CCCC(C4(CC5NNCN5C)COC4)C3)CC2C(C(F)(F)F)C1. The van der Waals surface area contributed by atoms with Gasteiger partial charge in [-0.15, -0.1) is 0 Å². The molecule has 0 aromatic rings. The van der Waals surface area contributed by atoms with E-state index in [0.29, 0.717) is 18.9 Å². The molecule has 4 aliphatic heterocycles. The highest BCUT2D eigenvalue weighted by molar-refractivity contribution is 5.82. The van der Waals surface area contributed by atoms with Gasteiger partial charge in [0.2, 0.25) is 5.91 Å². The first-order valence-electron chi connectivity index (χ1n) is 14.7. The molecule has 38 heavy (non-hydrogen) atoms. The van der Waals surface area contributed by atoms with E-state index in [1.807, 2.05) is 4.90 Å². The zero-order valence-corrected chi connectivity index (χ0v) is 22.8. The summed E-state index contributed by atoms with van der Waals surface area (Å²) in [4.78, 5) is 20.2. The fourth-order valence-corrected chi connectivity index (χ4v) is 8.61. The Hall–Kier alpha value is -1.20. The Morgan fingerprint density at radius 1 is 1.18 bits per heavy atom. The average molecular weight is 540 g/mol. The molecule has 8 atom stereocenters. The smallest absolute Gasteiger partial charge is 0.380 e. The predicted molar refractivity (Wildman–Crippen MR) is 137 cm³/mol. The van der Waals surface area contributed by atoms with Crippen molar-refractivity contribution in [2.75, 3.05) is 46.6 Å². The number of rotatable bonds is 6. The van der Waals surface area contributed by atoms with E-state index in [2.05, 4.69) is 46.8 Å². The van der Waals surface area contributed by atoms with Crippen molar-refractivity contribution in [2.45, 2.75) is 76.3 Å². The number of alkyl halides is 3. The second-order valence-corrected chi connectivity index (χ2v) is 13.2. The fourth-order valence-electron chi connectivity index (χ4n) is 8.61. The van der Waals surface area contributed by atoms with Crippen LogP contribution >= 0.6 is 0 Å². The summed E-state index contributed by atoms with van der Waals surface area (Å²) in [6, 6.07) is 0.302. The van der Waals surface area contributed by atoms with Crippen LogP contribution in [-0.4, -0.2) is 91.6 Å². The minimum absolute atomic E-state index is 0.00695. The van der Waals surface area contributed by atoms with Crippen molar-refractivity contribution in [1.82, 2.24) is 25.6 Å². The molecule has 2 N–H and O–H groups in total. The molecule has 2 aliphatic carbocycles. The maximum absolute atomic E-state index is 14.4. The Morgan fingerprint density at radius 2 is 2.00 bits per heavy atom. The molecule has 0 aromatic heterocycles. The number of hydrazine groups is 1. The van der Waals surface area contributed by atoms with Gasteiger partial charge < -0.3 is 9.64 Å². The average Bonchev–Trinajstić information content (AvgIpc) is 3.55. The standard InChI is InChI=1S/C28H44F3N5O2/c1-18-5-4-8-35(18)13-19-9-22-23(24(10-19)28(29,30)31)14-36(26(22)37)21-7-3-6-20(11-21)27(15-38-16-27)12-25-33-32-17-34(25)2/h4-5,18-25,32-33H,3,6-17H2,1-2H3/t18-,19?,20?,21?,22?,23?,24?,25?/m0/s1. The Balaban J connectivity index is 1.15.